The molecule has 0 spiro atoms. The first-order valence-electron chi connectivity index (χ1n) is 9.96. The number of hydrogen-bond acceptors (Lipinski definition) is 5. The van der Waals surface area contributed by atoms with Crippen molar-refractivity contribution in [2.24, 2.45) is 7.05 Å². The van der Waals surface area contributed by atoms with Gasteiger partial charge in [0.2, 0.25) is 0 Å². The molecule has 168 valence electrons. The lowest BCUT2D eigenvalue weighted by atomic mass is 10.0. The van der Waals surface area contributed by atoms with E-state index in [0.29, 0.717) is 42.9 Å². The van der Waals surface area contributed by atoms with Gasteiger partial charge in [0.05, 0.1) is 5.69 Å². The number of nitrogens with one attached hydrogen (secondary N) is 1. The summed E-state index contributed by atoms with van der Waals surface area (Å²) in [7, 11) is 1.65. The maximum Gasteiger partial charge on any atom is 0.433 e. The molecule has 1 fully saturated rings. The number of rotatable bonds is 4. The minimum absolute atomic E-state index is 0.133. The zero-order chi connectivity index (χ0) is 22.9. The molecular weight excluding hydrogens is 428 g/mol. The fraction of sp³-hybridized carbons (Fsp3) is 0.333. The SMILES string of the molecule is Cn1nc(-c2ccc(F)cc2)cc1C(=O)NC1CCN(c2cc(C(F)(F)F)ncn2)CC1. The summed E-state index contributed by atoms with van der Waals surface area (Å²) in [6.45, 7) is 0.900. The smallest absolute Gasteiger partial charge is 0.356 e. The number of aromatic nitrogens is 4. The summed E-state index contributed by atoms with van der Waals surface area (Å²) in [5, 5.41) is 7.28. The third-order valence-corrected chi connectivity index (χ3v) is 5.35. The van der Waals surface area contributed by atoms with E-state index in [-0.39, 0.29) is 23.6 Å². The van der Waals surface area contributed by atoms with Crippen molar-refractivity contribution in [2.75, 3.05) is 18.0 Å². The topological polar surface area (TPSA) is 75.9 Å². The molecule has 1 saturated heterocycles. The van der Waals surface area contributed by atoms with Crippen LogP contribution in [0.15, 0.2) is 42.7 Å². The predicted molar refractivity (Wildman–Crippen MR) is 108 cm³/mol. The molecule has 1 aromatic carbocycles. The first kappa shape index (κ1) is 21.7. The van der Waals surface area contributed by atoms with Crippen LogP contribution in [0.25, 0.3) is 11.3 Å². The molecule has 3 heterocycles. The summed E-state index contributed by atoms with van der Waals surface area (Å²) in [5.74, 6) is -0.438. The van der Waals surface area contributed by atoms with Gasteiger partial charge in [-0.2, -0.15) is 18.3 Å². The number of benzene rings is 1. The fourth-order valence-corrected chi connectivity index (χ4v) is 3.63. The first-order chi connectivity index (χ1) is 15.2. The van der Waals surface area contributed by atoms with Crippen LogP contribution in [0, 0.1) is 5.82 Å². The lowest BCUT2D eigenvalue weighted by molar-refractivity contribution is -0.141. The monoisotopic (exact) mass is 448 g/mol. The van der Waals surface area contributed by atoms with E-state index in [4.69, 9.17) is 0 Å². The number of amides is 1. The summed E-state index contributed by atoms with van der Waals surface area (Å²) >= 11 is 0. The number of aryl methyl sites for hydroxylation is 1. The molecule has 7 nitrogen and oxygen atoms in total. The molecule has 4 rings (SSSR count). The van der Waals surface area contributed by atoms with Crippen LogP contribution in [0.1, 0.15) is 29.0 Å². The Morgan fingerprint density at radius 3 is 2.44 bits per heavy atom. The second-order valence-electron chi connectivity index (χ2n) is 7.54. The number of anilines is 1. The third kappa shape index (κ3) is 4.71. The minimum atomic E-state index is -4.53. The molecule has 1 amide bonds. The summed E-state index contributed by atoms with van der Waals surface area (Å²) in [6, 6.07) is 8.27. The molecule has 0 radical (unpaired) electrons. The van der Waals surface area contributed by atoms with Gasteiger partial charge in [0.1, 0.15) is 29.4 Å². The highest BCUT2D eigenvalue weighted by atomic mass is 19.4. The Bertz CT molecular complexity index is 1100. The molecule has 0 unspecified atom stereocenters. The molecule has 2 aromatic heterocycles. The van der Waals surface area contributed by atoms with Crippen LogP contribution in [-0.2, 0) is 13.2 Å². The van der Waals surface area contributed by atoms with Crippen molar-refractivity contribution < 1.29 is 22.4 Å². The average Bonchev–Trinajstić information content (AvgIpc) is 3.16. The average molecular weight is 448 g/mol. The van der Waals surface area contributed by atoms with Crippen LogP contribution < -0.4 is 10.2 Å². The number of piperidine rings is 1. The lowest BCUT2D eigenvalue weighted by Gasteiger charge is -2.33. The third-order valence-electron chi connectivity index (χ3n) is 5.35. The molecule has 0 atom stereocenters. The number of halogens is 4. The Morgan fingerprint density at radius 1 is 1.09 bits per heavy atom. The second-order valence-corrected chi connectivity index (χ2v) is 7.54. The highest BCUT2D eigenvalue weighted by Crippen LogP contribution is 2.29. The van der Waals surface area contributed by atoms with Crippen LogP contribution >= 0.6 is 0 Å². The second kappa shape index (κ2) is 8.56. The van der Waals surface area contributed by atoms with Crippen LogP contribution in [0.5, 0.6) is 0 Å². The van der Waals surface area contributed by atoms with E-state index in [9.17, 15) is 22.4 Å². The molecule has 1 aliphatic heterocycles. The Morgan fingerprint density at radius 2 is 1.78 bits per heavy atom. The van der Waals surface area contributed by atoms with Crippen molar-refractivity contribution in [3.8, 4) is 11.3 Å². The quantitative estimate of drug-likeness (QED) is 0.619. The highest BCUT2D eigenvalue weighted by molar-refractivity contribution is 5.93. The molecule has 1 aliphatic rings. The maximum absolute atomic E-state index is 13.1. The molecule has 0 aliphatic carbocycles. The van der Waals surface area contributed by atoms with Crippen molar-refractivity contribution in [3.63, 3.8) is 0 Å². The van der Waals surface area contributed by atoms with Crippen LogP contribution in [0.3, 0.4) is 0 Å². The Balaban J connectivity index is 1.38. The Hall–Kier alpha value is -3.50. The molecule has 32 heavy (non-hydrogen) atoms. The maximum atomic E-state index is 13.1. The van der Waals surface area contributed by atoms with E-state index < -0.39 is 11.9 Å². The summed E-state index contributed by atoms with van der Waals surface area (Å²) in [6.07, 6.45) is -2.51. The van der Waals surface area contributed by atoms with Gasteiger partial charge in [-0.15, -0.1) is 0 Å². The van der Waals surface area contributed by atoms with Crippen LogP contribution in [0.2, 0.25) is 0 Å². The van der Waals surface area contributed by atoms with Gasteiger partial charge in [0, 0.05) is 37.8 Å². The van der Waals surface area contributed by atoms with Crippen molar-refractivity contribution >= 4 is 11.7 Å². The Labute approximate surface area is 181 Å². The number of carbonyl (C=O) groups is 1. The normalized spacial score (nSPS) is 15.1. The molecule has 3 aromatic rings. The molecular formula is C21H20F4N6O. The van der Waals surface area contributed by atoms with Gasteiger partial charge in [-0.1, -0.05) is 0 Å². The van der Waals surface area contributed by atoms with Crippen molar-refractivity contribution in [1.29, 1.82) is 0 Å². The molecule has 0 bridgehead atoms. The van der Waals surface area contributed by atoms with E-state index in [2.05, 4.69) is 20.4 Å². The number of alkyl halides is 3. The summed E-state index contributed by atoms with van der Waals surface area (Å²) in [4.78, 5) is 21.7. The first-order valence-corrected chi connectivity index (χ1v) is 9.96. The minimum Gasteiger partial charge on any atom is -0.356 e. The van der Waals surface area contributed by atoms with Gasteiger partial charge in [0.15, 0.2) is 0 Å². The largest absolute Gasteiger partial charge is 0.433 e. The standard InChI is InChI=1S/C21H20F4N6O/c1-30-17(10-16(29-30)13-2-4-14(22)5-3-13)20(32)28-15-6-8-31(9-7-15)19-11-18(21(23,24)25)26-12-27-19/h2-5,10-12,15H,6-9H2,1H3,(H,28,32). The van der Waals surface area contributed by atoms with Gasteiger partial charge in [-0.25, -0.2) is 14.4 Å². The van der Waals surface area contributed by atoms with Gasteiger partial charge < -0.3 is 10.2 Å². The lowest BCUT2D eigenvalue weighted by Crippen LogP contribution is -2.45. The molecule has 0 saturated carbocycles. The summed E-state index contributed by atoms with van der Waals surface area (Å²) < 4.78 is 53.2. The van der Waals surface area contributed by atoms with E-state index in [0.717, 1.165) is 12.4 Å². The zero-order valence-corrected chi connectivity index (χ0v) is 17.1. The van der Waals surface area contributed by atoms with Crippen LogP contribution in [0.4, 0.5) is 23.4 Å². The van der Waals surface area contributed by atoms with Crippen LogP contribution in [-0.4, -0.2) is 44.8 Å². The molecule has 1 N–H and O–H groups in total. The highest BCUT2D eigenvalue weighted by Gasteiger charge is 2.33. The van der Waals surface area contributed by atoms with Crippen molar-refractivity contribution in [3.05, 3.63) is 59.9 Å². The van der Waals surface area contributed by atoms with Crippen molar-refractivity contribution in [2.45, 2.75) is 25.1 Å². The fourth-order valence-electron chi connectivity index (χ4n) is 3.63. The zero-order valence-electron chi connectivity index (χ0n) is 17.1. The van der Waals surface area contributed by atoms with Gasteiger partial charge in [-0.3, -0.25) is 9.48 Å². The van der Waals surface area contributed by atoms with E-state index in [1.54, 1.807) is 30.1 Å². The van der Waals surface area contributed by atoms with Gasteiger partial charge in [-0.05, 0) is 43.2 Å². The van der Waals surface area contributed by atoms with Gasteiger partial charge >= 0.3 is 6.18 Å². The number of carbonyl (C=O) groups excluding carboxylic acids is 1. The van der Waals surface area contributed by atoms with E-state index >= 15 is 0 Å². The summed E-state index contributed by atoms with van der Waals surface area (Å²) in [5.41, 5.74) is 0.623. The Kier molecular flexibility index (Phi) is 5.81. The van der Waals surface area contributed by atoms with Gasteiger partial charge in [0.25, 0.3) is 5.91 Å². The predicted octanol–water partition coefficient (Wildman–Crippen LogP) is 3.43. The van der Waals surface area contributed by atoms with Crippen molar-refractivity contribution in [1.82, 2.24) is 25.1 Å². The number of nitrogens with zero attached hydrogens (tertiary/aromatic N) is 5. The van der Waals surface area contributed by atoms with E-state index in [1.165, 1.54) is 16.8 Å². The molecule has 11 heteroatoms. The van der Waals surface area contributed by atoms with E-state index in [1.807, 2.05) is 0 Å². The number of hydrogen-bond donors (Lipinski definition) is 1.